The normalized spacial score (nSPS) is 14.5. The summed E-state index contributed by atoms with van der Waals surface area (Å²) in [5.74, 6) is -0.291. The van der Waals surface area contributed by atoms with Crippen LogP contribution in [0.1, 0.15) is 37.4 Å². The maximum absolute atomic E-state index is 10.9. The molecule has 1 aromatic rings. The van der Waals surface area contributed by atoms with Gasteiger partial charge in [-0.1, -0.05) is 6.92 Å². The highest BCUT2D eigenvalue weighted by molar-refractivity contribution is 5.40. The van der Waals surface area contributed by atoms with E-state index >= 15 is 0 Å². The van der Waals surface area contributed by atoms with Gasteiger partial charge in [0.1, 0.15) is 5.69 Å². The maximum Gasteiger partial charge on any atom is 0.291 e. The number of hydrogen-bond acceptors (Lipinski definition) is 4. The van der Waals surface area contributed by atoms with Crippen molar-refractivity contribution in [3.63, 3.8) is 0 Å². The quantitative estimate of drug-likeness (QED) is 0.628. The number of nitro groups is 1. The van der Waals surface area contributed by atoms with Gasteiger partial charge in [0.05, 0.1) is 11.0 Å². The molecule has 0 spiro atoms. The Hall–Kier alpha value is -1.49. The predicted molar refractivity (Wildman–Crippen MR) is 60.3 cm³/mol. The predicted octanol–water partition coefficient (Wildman–Crippen LogP) is 2.17. The largest absolute Gasteiger partial charge is 0.393 e. The van der Waals surface area contributed by atoms with E-state index in [0.29, 0.717) is 12.1 Å². The first-order valence-electron chi connectivity index (χ1n) is 5.26. The number of aliphatic hydroxyl groups excluding tert-OH is 1. The van der Waals surface area contributed by atoms with E-state index in [4.69, 9.17) is 0 Å². The molecular weight excluding hydrogens is 208 g/mol. The lowest BCUT2D eigenvalue weighted by Gasteiger charge is -2.17. The molecule has 0 bridgehead atoms. The summed E-state index contributed by atoms with van der Waals surface area (Å²) in [6, 6.07) is 1.49. The van der Waals surface area contributed by atoms with Gasteiger partial charge in [0.2, 0.25) is 0 Å². The molecule has 2 unspecified atom stereocenters. The minimum Gasteiger partial charge on any atom is -0.393 e. The molecule has 0 aliphatic carbocycles. The van der Waals surface area contributed by atoms with Crippen LogP contribution in [0.15, 0.2) is 12.3 Å². The van der Waals surface area contributed by atoms with Crippen molar-refractivity contribution in [2.45, 2.75) is 39.2 Å². The summed E-state index contributed by atoms with van der Waals surface area (Å²) in [5.41, 5.74) is 1.11. The Morgan fingerprint density at radius 3 is 2.69 bits per heavy atom. The van der Waals surface area contributed by atoms with Gasteiger partial charge in [-0.25, -0.2) is 0 Å². The van der Waals surface area contributed by atoms with Crippen LogP contribution in [0.4, 0.5) is 5.69 Å². The molecule has 2 atom stereocenters. The van der Waals surface area contributed by atoms with E-state index in [1.54, 1.807) is 20.0 Å². The van der Waals surface area contributed by atoms with Crippen molar-refractivity contribution in [3.8, 4) is 0 Å². The van der Waals surface area contributed by atoms with Crippen molar-refractivity contribution >= 4 is 5.69 Å². The first-order valence-corrected chi connectivity index (χ1v) is 5.26. The minimum atomic E-state index is -0.640. The van der Waals surface area contributed by atoms with Crippen molar-refractivity contribution in [2.75, 3.05) is 0 Å². The Bertz CT molecular complexity index is 391. The highest BCUT2D eigenvalue weighted by Gasteiger charge is 2.25. The number of aryl methyl sites for hydroxylation is 1. The second-order valence-corrected chi connectivity index (χ2v) is 3.93. The van der Waals surface area contributed by atoms with Gasteiger partial charge in [-0.2, -0.15) is 0 Å². The summed E-state index contributed by atoms with van der Waals surface area (Å²) >= 11 is 0. The third-order valence-electron chi connectivity index (χ3n) is 2.60. The Labute approximate surface area is 94.3 Å². The Kier molecular flexibility index (Phi) is 3.95. The lowest BCUT2D eigenvalue weighted by molar-refractivity contribution is -0.386. The van der Waals surface area contributed by atoms with Gasteiger partial charge >= 0.3 is 0 Å². The zero-order valence-corrected chi connectivity index (χ0v) is 9.67. The number of nitrogens with zero attached hydrogens (tertiary/aromatic N) is 2. The van der Waals surface area contributed by atoms with Crippen LogP contribution in [0.3, 0.4) is 0 Å². The number of aromatic nitrogens is 1. The third-order valence-corrected chi connectivity index (χ3v) is 2.60. The molecule has 0 aliphatic heterocycles. The summed E-state index contributed by atoms with van der Waals surface area (Å²) < 4.78 is 0. The van der Waals surface area contributed by atoms with Gasteiger partial charge in [-0.15, -0.1) is 0 Å². The van der Waals surface area contributed by atoms with E-state index in [0.717, 1.165) is 5.56 Å². The van der Waals surface area contributed by atoms with E-state index in [2.05, 4.69) is 4.98 Å². The van der Waals surface area contributed by atoms with Crippen molar-refractivity contribution in [2.24, 2.45) is 0 Å². The summed E-state index contributed by atoms with van der Waals surface area (Å²) in [4.78, 5) is 14.5. The number of rotatable bonds is 4. The van der Waals surface area contributed by atoms with Crippen LogP contribution in [-0.2, 0) is 0 Å². The van der Waals surface area contributed by atoms with Crippen molar-refractivity contribution in [1.29, 1.82) is 0 Å². The highest BCUT2D eigenvalue weighted by Crippen LogP contribution is 2.29. The molecule has 0 radical (unpaired) electrons. The van der Waals surface area contributed by atoms with Gasteiger partial charge in [-0.3, -0.25) is 15.1 Å². The van der Waals surface area contributed by atoms with Gasteiger partial charge in [0, 0.05) is 18.2 Å². The topological polar surface area (TPSA) is 76.3 Å². The Balaban J connectivity index is 3.26. The average molecular weight is 224 g/mol. The van der Waals surface area contributed by atoms with Gasteiger partial charge in [0.25, 0.3) is 5.69 Å². The fourth-order valence-electron chi connectivity index (χ4n) is 1.76. The molecule has 88 valence electrons. The zero-order chi connectivity index (χ0) is 12.3. The van der Waals surface area contributed by atoms with E-state index in [9.17, 15) is 15.2 Å². The van der Waals surface area contributed by atoms with Crippen LogP contribution in [0.25, 0.3) is 0 Å². The van der Waals surface area contributed by atoms with E-state index in [1.807, 2.05) is 6.92 Å². The van der Waals surface area contributed by atoms with Crippen molar-refractivity contribution < 1.29 is 10.0 Å². The van der Waals surface area contributed by atoms with Crippen molar-refractivity contribution in [1.82, 2.24) is 4.98 Å². The number of pyridine rings is 1. The van der Waals surface area contributed by atoms with Crippen LogP contribution in [0.2, 0.25) is 0 Å². The SMILES string of the molecule is CCC(c1ncc(C)cc1[N+](=O)[O-])C(C)O. The van der Waals surface area contributed by atoms with Crippen LogP contribution >= 0.6 is 0 Å². The van der Waals surface area contributed by atoms with Crippen molar-refractivity contribution in [3.05, 3.63) is 33.6 Å². The monoisotopic (exact) mass is 224 g/mol. The lowest BCUT2D eigenvalue weighted by atomic mass is 9.94. The first kappa shape index (κ1) is 12.6. The summed E-state index contributed by atoms with van der Waals surface area (Å²) in [7, 11) is 0. The molecule has 0 fully saturated rings. The molecule has 0 saturated carbocycles. The van der Waals surface area contributed by atoms with Crippen LogP contribution in [0.5, 0.6) is 0 Å². The van der Waals surface area contributed by atoms with Gasteiger partial charge in [0.15, 0.2) is 0 Å². The Morgan fingerprint density at radius 1 is 1.62 bits per heavy atom. The zero-order valence-electron chi connectivity index (χ0n) is 9.67. The molecule has 0 aromatic carbocycles. The second-order valence-electron chi connectivity index (χ2n) is 3.93. The molecule has 0 saturated heterocycles. The highest BCUT2D eigenvalue weighted by atomic mass is 16.6. The van der Waals surface area contributed by atoms with E-state index in [1.165, 1.54) is 6.07 Å². The molecular formula is C11H16N2O3. The van der Waals surface area contributed by atoms with Gasteiger partial charge in [-0.05, 0) is 25.8 Å². The molecule has 1 heterocycles. The molecule has 5 heteroatoms. The average Bonchev–Trinajstić information content (AvgIpc) is 2.20. The molecule has 0 amide bonds. The van der Waals surface area contributed by atoms with E-state index < -0.39 is 11.0 Å². The first-order chi connectivity index (χ1) is 7.47. The lowest BCUT2D eigenvalue weighted by Crippen LogP contribution is -2.16. The number of aliphatic hydroxyl groups is 1. The summed E-state index contributed by atoms with van der Waals surface area (Å²) in [5, 5.41) is 20.5. The molecule has 1 aromatic heterocycles. The summed E-state index contributed by atoms with van der Waals surface area (Å²) in [6.07, 6.45) is 1.57. The number of hydrogen-bond donors (Lipinski definition) is 1. The Morgan fingerprint density at radius 2 is 2.25 bits per heavy atom. The van der Waals surface area contributed by atoms with Gasteiger partial charge < -0.3 is 5.11 Å². The van der Waals surface area contributed by atoms with Crippen LogP contribution < -0.4 is 0 Å². The molecule has 16 heavy (non-hydrogen) atoms. The standard InChI is InChI=1S/C11H16N2O3/c1-4-9(8(3)14)11-10(13(15)16)5-7(2)6-12-11/h5-6,8-9,14H,4H2,1-3H3. The fraction of sp³-hybridized carbons (Fsp3) is 0.545. The molecule has 5 nitrogen and oxygen atoms in total. The minimum absolute atomic E-state index is 0.00671. The molecule has 0 aliphatic rings. The van der Waals surface area contributed by atoms with Crippen LogP contribution in [-0.4, -0.2) is 21.1 Å². The third kappa shape index (κ3) is 2.55. The van der Waals surface area contributed by atoms with Crippen LogP contribution in [0, 0.1) is 17.0 Å². The fourth-order valence-corrected chi connectivity index (χ4v) is 1.76. The molecule has 1 rings (SSSR count). The summed E-state index contributed by atoms with van der Waals surface area (Å²) in [6.45, 7) is 5.26. The smallest absolute Gasteiger partial charge is 0.291 e. The van der Waals surface area contributed by atoms with E-state index in [-0.39, 0.29) is 11.6 Å². The second kappa shape index (κ2) is 5.03. The molecule has 1 N–H and O–H groups in total. The maximum atomic E-state index is 10.9.